The van der Waals surface area contributed by atoms with Crippen LogP contribution >= 0.6 is 0 Å². The number of urea groups is 1. The number of aromatic hydroxyl groups is 1. The van der Waals surface area contributed by atoms with Gasteiger partial charge in [0.15, 0.2) is 5.82 Å². The molecule has 0 aliphatic rings. The molecule has 3 N–H and O–H groups in total. The quantitative estimate of drug-likeness (QED) is 0.710. The Morgan fingerprint density at radius 2 is 1.94 bits per heavy atom. The molecule has 1 aromatic carbocycles. The van der Waals surface area contributed by atoms with Gasteiger partial charge >= 0.3 is 6.03 Å². The number of rotatable bonds is 2. The van der Waals surface area contributed by atoms with Crippen molar-refractivity contribution in [3.63, 3.8) is 0 Å². The summed E-state index contributed by atoms with van der Waals surface area (Å²) in [6, 6.07) is 7.62. The van der Waals surface area contributed by atoms with E-state index in [-0.39, 0.29) is 11.8 Å². The SMILES string of the molecule is Cc1cc(NC(=O)Nc2ccc(O)cc2)nn1C. The van der Waals surface area contributed by atoms with Crippen molar-refractivity contribution in [1.82, 2.24) is 9.78 Å². The molecule has 0 bridgehead atoms. The van der Waals surface area contributed by atoms with Crippen molar-refractivity contribution in [3.8, 4) is 5.75 Å². The molecule has 1 aromatic heterocycles. The lowest BCUT2D eigenvalue weighted by Gasteiger charge is -2.05. The third-order valence-electron chi connectivity index (χ3n) is 2.48. The normalized spacial score (nSPS) is 10.1. The maximum atomic E-state index is 11.7. The molecular weight excluding hydrogens is 232 g/mol. The molecule has 18 heavy (non-hydrogen) atoms. The molecule has 6 heteroatoms. The second kappa shape index (κ2) is 4.79. The molecule has 2 amide bonds. The number of aromatic nitrogens is 2. The van der Waals surface area contributed by atoms with Gasteiger partial charge in [-0.2, -0.15) is 5.10 Å². The molecule has 0 aliphatic carbocycles. The summed E-state index contributed by atoms with van der Waals surface area (Å²) >= 11 is 0. The van der Waals surface area contributed by atoms with E-state index in [1.54, 1.807) is 29.9 Å². The lowest BCUT2D eigenvalue weighted by molar-refractivity contribution is 0.262. The van der Waals surface area contributed by atoms with Crippen LogP contribution in [0.3, 0.4) is 0 Å². The van der Waals surface area contributed by atoms with Crippen molar-refractivity contribution in [2.75, 3.05) is 10.6 Å². The first-order valence-electron chi connectivity index (χ1n) is 5.42. The molecule has 0 atom stereocenters. The number of carbonyl (C=O) groups is 1. The summed E-state index contributed by atoms with van der Waals surface area (Å²) in [6.07, 6.45) is 0. The summed E-state index contributed by atoms with van der Waals surface area (Å²) in [7, 11) is 1.80. The Balaban J connectivity index is 1.98. The highest BCUT2D eigenvalue weighted by molar-refractivity contribution is 5.99. The van der Waals surface area contributed by atoms with Gasteiger partial charge in [0, 0.05) is 24.5 Å². The van der Waals surface area contributed by atoms with Crippen LogP contribution in [0.25, 0.3) is 0 Å². The minimum atomic E-state index is -0.376. The van der Waals surface area contributed by atoms with Crippen LogP contribution in [-0.2, 0) is 7.05 Å². The number of phenols is 1. The van der Waals surface area contributed by atoms with Crippen molar-refractivity contribution in [2.24, 2.45) is 7.05 Å². The Labute approximate surface area is 104 Å². The number of carbonyl (C=O) groups excluding carboxylic acids is 1. The predicted molar refractivity (Wildman–Crippen MR) is 68.7 cm³/mol. The number of benzene rings is 1. The zero-order chi connectivity index (χ0) is 13.1. The minimum absolute atomic E-state index is 0.154. The molecule has 2 aromatic rings. The maximum Gasteiger partial charge on any atom is 0.324 e. The first-order valence-corrected chi connectivity index (χ1v) is 5.42. The summed E-state index contributed by atoms with van der Waals surface area (Å²) in [5.41, 5.74) is 1.55. The van der Waals surface area contributed by atoms with Gasteiger partial charge in [-0.3, -0.25) is 10.00 Å². The second-order valence-electron chi connectivity index (χ2n) is 3.92. The molecule has 0 radical (unpaired) electrons. The third kappa shape index (κ3) is 2.79. The van der Waals surface area contributed by atoms with E-state index in [1.165, 1.54) is 12.1 Å². The van der Waals surface area contributed by atoms with Gasteiger partial charge in [-0.05, 0) is 31.2 Å². The molecule has 0 unspecified atom stereocenters. The molecule has 0 saturated carbocycles. The zero-order valence-corrected chi connectivity index (χ0v) is 10.1. The van der Waals surface area contributed by atoms with Crippen LogP contribution in [0.5, 0.6) is 5.75 Å². The van der Waals surface area contributed by atoms with Gasteiger partial charge in [-0.1, -0.05) is 0 Å². The van der Waals surface area contributed by atoms with Crippen LogP contribution in [0.4, 0.5) is 16.3 Å². The Hall–Kier alpha value is -2.50. The molecular formula is C12H14N4O2. The summed E-state index contributed by atoms with van der Waals surface area (Å²) in [4.78, 5) is 11.7. The van der Waals surface area contributed by atoms with Crippen LogP contribution in [0.2, 0.25) is 0 Å². The van der Waals surface area contributed by atoms with Gasteiger partial charge in [-0.25, -0.2) is 4.79 Å². The fourth-order valence-corrected chi connectivity index (χ4v) is 1.45. The fourth-order valence-electron chi connectivity index (χ4n) is 1.45. The summed E-state index contributed by atoms with van der Waals surface area (Å²) in [5.74, 6) is 0.646. The first kappa shape index (κ1) is 12.0. The molecule has 0 aliphatic heterocycles. The highest BCUT2D eigenvalue weighted by atomic mass is 16.3. The largest absolute Gasteiger partial charge is 0.508 e. The number of hydrogen-bond donors (Lipinski definition) is 3. The van der Waals surface area contributed by atoms with E-state index in [0.717, 1.165) is 5.69 Å². The standard InChI is InChI=1S/C12H14N4O2/c1-8-7-11(15-16(8)2)14-12(18)13-9-3-5-10(17)6-4-9/h3-7,17H,1-2H3,(H2,13,14,15,18). The van der Waals surface area contributed by atoms with Gasteiger partial charge in [0.25, 0.3) is 0 Å². The number of nitrogens with one attached hydrogen (secondary N) is 2. The van der Waals surface area contributed by atoms with E-state index in [4.69, 9.17) is 5.11 Å². The Morgan fingerprint density at radius 3 is 2.50 bits per heavy atom. The lowest BCUT2D eigenvalue weighted by atomic mass is 10.3. The molecule has 0 saturated heterocycles. The Bertz CT molecular complexity index is 540. The second-order valence-corrected chi connectivity index (χ2v) is 3.92. The van der Waals surface area contributed by atoms with Crippen LogP contribution < -0.4 is 10.6 Å². The third-order valence-corrected chi connectivity index (χ3v) is 2.48. The van der Waals surface area contributed by atoms with E-state index in [1.807, 2.05) is 6.92 Å². The fraction of sp³-hybridized carbons (Fsp3) is 0.167. The maximum absolute atomic E-state index is 11.7. The van der Waals surface area contributed by atoms with E-state index < -0.39 is 0 Å². The Kier molecular flexibility index (Phi) is 3.18. The van der Waals surface area contributed by atoms with Crippen molar-refractivity contribution in [1.29, 1.82) is 0 Å². The topological polar surface area (TPSA) is 79.2 Å². The Morgan fingerprint density at radius 1 is 1.28 bits per heavy atom. The first-order chi connectivity index (χ1) is 8.54. The van der Waals surface area contributed by atoms with Gasteiger partial charge in [0.05, 0.1) is 0 Å². The monoisotopic (exact) mass is 246 g/mol. The highest BCUT2D eigenvalue weighted by Crippen LogP contribution is 2.14. The molecule has 0 spiro atoms. The van der Waals surface area contributed by atoms with Gasteiger partial charge in [-0.15, -0.1) is 0 Å². The number of anilines is 2. The van der Waals surface area contributed by atoms with Gasteiger partial charge in [0.1, 0.15) is 5.75 Å². The van der Waals surface area contributed by atoms with Crippen LogP contribution in [0.15, 0.2) is 30.3 Å². The molecule has 94 valence electrons. The van der Waals surface area contributed by atoms with E-state index in [2.05, 4.69) is 15.7 Å². The number of aryl methyl sites for hydroxylation is 2. The van der Waals surface area contributed by atoms with E-state index in [9.17, 15) is 4.79 Å². The number of phenolic OH excluding ortho intramolecular Hbond substituents is 1. The van der Waals surface area contributed by atoms with Crippen molar-refractivity contribution in [3.05, 3.63) is 36.0 Å². The lowest BCUT2D eigenvalue weighted by Crippen LogP contribution is -2.19. The number of amides is 2. The van der Waals surface area contributed by atoms with Crippen molar-refractivity contribution >= 4 is 17.5 Å². The smallest absolute Gasteiger partial charge is 0.324 e. The average Bonchev–Trinajstić information content (AvgIpc) is 2.61. The summed E-state index contributed by atoms with van der Waals surface area (Å²) < 4.78 is 1.68. The van der Waals surface area contributed by atoms with Crippen LogP contribution in [0.1, 0.15) is 5.69 Å². The van der Waals surface area contributed by atoms with Crippen LogP contribution in [-0.4, -0.2) is 20.9 Å². The minimum Gasteiger partial charge on any atom is -0.508 e. The zero-order valence-electron chi connectivity index (χ0n) is 10.1. The molecule has 0 fully saturated rings. The van der Waals surface area contributed by atoms with E-state index in [0.29, 0.717) is 11.5 Å². The number of hydrogen-bond acceptors (Lipinski definition) is 3. The molecule has 2 rings (SSSR count). The summed E-state index contributed by atoms with van der Waals surface area (Å²) in [5, 5.41) is 18.5. The summed E-state index contributed by atoms with van der Waals surface area (Å²) in [6.45, 7) is 1.90. The van der Waals surface area contributed by atoms with Gasteiger partial charge in [0.2, 0.25) is 0 Å². The van der Waals surface area contributed by atoms with Crippen LogP contribution in [0, 0.1) is 6.92 Å². The average molecular weight is 246 g/mol. The van der Waals surface area contributed by atoms with Gasteiger partial charge < -0.3 is 10.4 Å². The highest BCUT2D eigenvalue weighted by Gasteiger charge is 2.06. The number of nitrogens with zero attached hydrogens (tertiary/aromatic N) is 2. The van der Waals surface area contributed by atoms with E-state index >= 15 is 0 Å². The van der Waals surface area contributed by atoms with Crippen molar-refractivity contribution in [2.45, 2.75) is 6.92 Å². The molecule has 6 nitrogen and oxygen atoms in total. The molecule has 1 heterocycles. The predicted octanol–water partition coefficient (Wildman–Crippen LogP) is 2.08. The van der Waals surface area contributed by atoms with Crippen molar-refractivity contribution < 1.29 is 9.90 Å².